The summed E-state index contributed by atoms with van der Waals surface area (Å²) in [7, 11) is 3.92. The summed E-state index contributed by atoms with van der Waals surface area (Å²) in [6, 6.07) is 2.17. The van der Waals surface area contributed by atoms with Crippen LogP contribution in [0.15, 0.2) is 18.5 Å². The normalized spacial score (nSPS) is 11.4. The highest BCUT2D eigenvalue weighted by Gasteiger charge is 2.07. The Hall–Kier alpha value is -1.62. The first-order chi connectivity index (χ1) is 8.56. The van der Waals surface area contributed by atoms with Gasteiger partial charge in [-0.3, -0.25) is 9.36 Å². The fourth-order valence-corrected chi connectivity index (χ4v) is 1.88. The van der Waals surface area contributed by atoms with Gasteiger partial charge in [-0.2, -0.15) is 10.2 Å². The third-order valence-corrected chi connectivity index (χ3v) is 2.98. The molecule has 0 aliphatic rings. The average Bonchev–Trinajstić information content (AvgIpc) is 2.87. The topological polar surface area (TPSA) is 47.7 Å². The number of hydrogen-bond donors (Lipinski definition) is 1. The SMILES string of the molecule is CC(C)c1cc(CNCc2cnn(C)c2)n(C)n1. The van der Waals surface area contributed by atoms with Gasteiger partial charge in [-0.25, -0.2) is 0 Å². The van der Waals surface area contributed by atoms with E-state index in [0.29, 0.717) is 5.92 Å². The molecule has 98 valence electrons. The summed E-state index contributed by atoms with van der Waals surface area (Å²) < 4.78 is 3.77. The Morgan fingerprint density at radius 1 is 1.28 bits per heavy atom. The molecule has 2 rings (SSSR count). The summed E-state index contributed by atoms with van der Waals surface area (Å²) in [5, 5.41) is 12.1. The summed E-state index contributed by atoms with van der Waals surface area (Å²) >= 11 is 0. The van der Waals surface area contributed by atoms with Gasteiger partial charge < -0.3 is 5.32 Å². The molecule has 0 fully saturated rings. The van der Waals surface area contributed by atoms with Gasteiger partial charge in [-0.1, -0.05) is 13.8 Å². The van der Waals surface area contributed by atoms with Gasteiger partial charge in [0.15, 0.2) is 0 Å². The highest BCUT2D eigenvalue weighted by molar-refractivity contribution is 5.13. The molecule has 0 unspecified atom stereocenters. The van der Waals surface area contributed by atoms with Crippen molar-refractivity contribution < 1.29 is 0 Å². The van der Waals surface area contributed by atoms with Gasteiger partial charge in [0.1, 0.15) is 0 Å². The first-order valence-corrected chi connectivity index (χ1v) is 6.27. The van der Waals surface area contributed by atoms with Crippen molar-refractivity contribution >= 4 is 0 Å². The lowest BCUT2D eigenvalue weighted by molar-refractivity contribution is 0.620. The summed E-state index contributed by atoms with van der Waals surface area (Å²) in [6.07, 6.45) is 3.91. The molecule has 5 nitrogen and oxygen atoms in total. The van der Waals surface area contributed by atoms with Crippen molar-refractivity contribution in [2.45, 2.75) is 32.9 Å². The number of aryl methyl sites for hydroxylation is 2. The van der Waals surface area contributed by atoms with Gasteiger partial charge in [-0.15, -0.1) is 0 Å². The fourth-order valence-electron chi connectivity index (χ4n) is 1.88. The van der Waals surface area contributed by atoms with Crippen LogP contribution in [0.2, 0.25) is 0 Å². The Bertz CT molecular complexity index is 509. The molecular formula is C13H21N5. The van der Waals surface area contributed by atoms with E-state index in [2.05, 4.69) is 35.4 Å². The quantitative estimate of drug-likeness (QED) is 0.872. The predicted octanol–water partition coefficient (Wildman–Crippen LogP) is 1.57. The largest absolute Gasteiger partial charge is 0.307 e. The number of nitrogens with zero attached hydrogens (tertiary/aromatic N) is 4. The minimum atomic E-state index is 0.475. The third kappa shape index (κ3) is 2.98. The van der Waals surface area contributed by atoms with E-state index in [4.69, 9.17) is 0 Å². The molecular weight excluding hydrogens is 226 g/mol. The van der Waals surface area contributed by atoms with Crippen molar-refractivity contribution in [2.75, 3.05) is 0 Å². The van der Waals surface area contributed by atoms with Crippen LogP contribution in [0, 0.1) is 0 Å². The van der Waals surface area contributed by atoms with Crippen LogP contribution < -0.4 is 5.32 Å². The molecule has 2 aromatic heterocycles. The third-order valence-electron chi connectivity index (χ3n) is 2.98. The lowest BCUT2D eigenvalue weighted by Gasteiger charge is -2.03. The standard InChI is InChI=1S/C13H21N5/c1-10(2)13-5-12(18(4)16-13)8-14-6-11-7-15-17(3)9-11/h5,7,9-10,14H,6,8H2,1-4H3. The molecule has 0 atom stereocenters. The zero-order valence-electron chi connectivity index (χ0n) is 11.5. The molecule has 0 radical (unpaired) electrons. The second kappa shape index (κ2) is 5.35. The lowest BCUT2D eigenvalue weighted by Crippen LogP contribution is -2.14. The highest BCUT2D eigenvalue weighted by Crippen LogP contribution is 2.13. The number of nitrogens with one attached hydrogen (secondary N) is 1. The van der Waals surface area contributed by atoms with Crippen LogP contribution in [0.4, 0.5) is 0 Å². The zero-order chi connectivity index (χ0) is 13.1. The van der Waals surface area contributed by atoms with Crippen LogP contribution in [0.5, 0.6) is 0 Å². The Kier molecular flexibility index (Phi) is 3.81. The molecule has 0 saturated carbocycles. The minimum Gasteiger partial charge on any atom is -0.307 e. The highest BCUT2D eigenvalue weighted by atomic mass is 15.3. The van der Waals surface area contributed by atoms with Crippen molar-refractivity contribution in [1.29, 1.82) is 0 Å². The molecule has 0 aromatic carbocycles. The molecule has 0 aliphatic carbocycles. The van der Waals surface area contributed by atoms with Gasteiger partial charge in [-0.05, 0) is 12.0 Å². The van der Waals surface area contributed by atoms with Crippen LogP contribution in [-0.2, 0) is 27.2 Å². The Morgan fingerprint density at radius 2 is 2.06 bits per heavy atom. The Balaban J connectivity index is 1.90. The molecule has 0 saturated heterocycles. The summed E-state index contributed by atoms with van der Waals surface area (Å²) in [5.74, 6) is 0.475. The van der Waals surface area contributed by atoms with Crippen molar-refractivity contribution in [3.8, 4) is 0 Å². The maximum absolute atomic E-state index is 4.50. The van der Waals surface area contributed by atoms with E-state index in [-0.39, 0.29) is 0 Å². The van der Waals surface area contributed by atoms with E-state index in [9.17, 15) is 0 Å². The molecule has 0 spiro atoms. The molecule has 0 amide bonds. The van der Waals surface area contributed by atoms with Crippen molar-refractivity contribution in [1.82, 2.24) is 24.9 Å². The maximum atomic E-state index is 4.50. The lowest BCUT2D eigenvalue weighted by atomic mass is 10.1. The molecule has 1 N–H and O–H groups in total. The smallest absolute Gasteiger partial charge is 0.0653 e. The molecule has 18 heavy (non-hydrogen) atoms. The average molecular weight is 247 g/mol. The number of aromatic nitrogens is 4. The van der Waals surface area contributed by atoms with Gasteiger partial charge >= 0.3 is 0 Å². The van der Waals surface area contributed by atoms with Crippen LogP contribution >= 0.6 is 0 Å². The van der Waals surface area contributed by atoms with E-state index in [0.717, 1.165) is 18.8 Å². The summed E-state index contributed by atoms with van der Waals surface area (Å²) in [5.41, 5.74) is 3.56. The van der Waals surface area contributed by atoms with E-state index >= 15 is 0 Å². The van der Waals surface area contributed by atoms with Gasteiger partial charge in [0.2, 0.25) is 0 Å². The van der Waals surface area contributed by atoms with Crippen LogP contribution in [0.3, 0.4) is 0 Å². The Morgan fingerprint density at radius 3 is 2.61 bits per heavy atom. The van der Waals surface area contributed by atoms with E-state index < -0.39 is 0 Å². The van der Waals surface area contributed by atoms with Gasteiger partial charge in [0, 0.05) is 38.9 Å². The van der Waals surface area contributed by atoms with Crippen LogP contribution in [-0.4, -0.2) is 19.6 Å². The first-order valence-electron chi connectivity index (χ1n) is 6.27. The number of hydrogen-bond acceptors (Lipinski definition) is 3. The molecule has 2 aromatic rings. The first kappa shape index (κ1) is 12.8. The monoisotopic (exact) mass is 247 g/mol. The summed E-state index contributed by atoms with van der Waals surface area (Å²) in [6.45, 7) is 5.98. The molecule has 0 bridgehead atoms. The number of rotatable bonds is 5. The fraction of sp³-hybridized carbons (Fsp3) is 0.538. The van der Waals surface area contributed by atoms with E-state index in [1.165, 1.54) is 11.3 Å². The second-order valence-corrected chi connectivity index (χ2v) is 4.96. The second-order valence-electron chi connectivity index (χ2n) is 4.96. The van der Waals surface area contributed by atoms with Crippen molar-refractivity contribution in [2.24, 2.45) is 14.1 Å². The summed E-state index contributed by atoms with van der Waals surface area (Å²) in [4.78, 5) is 0. The molecule has 5 heteroatoms. The minimum absolute atomic E-state index is 0.475. The Labute approximate surface area is 108 Å². The zero-order valence-corrected chi connectivity index (χ0v) is 11.5. The van der Waals surface area contributed by atoms with Gasteiger partial charge in [0.25, 0.3) is 0 Å². The maximum Gasteiger partial charge on any atom is 0.0653 e. The predicted molar refractivity (Wildman–Crippen MR) is 71.0 cm³/mol. The molecule has 0 aliphatic heterocycles. The van der Waals surface area contributed by atoms with E-state index in [1.807, 2.05) is 35.9 Å². The van der Waals surface area contributed by atoms with Crippen molar-refractivity contribution in [3.05, 3.63) is 35.4 Å². The van der Waals surface area contributed by atoms with Crippen LogP contribution in [0.25, 0.3) is 0 Å². The van der Waals surface area contributed by atoms with Crippen molar-refractivity contribution in [3.63, 3.8) is 0 Å². The van der Waals surface area contributed by atoms with Crippen LogP contribution in [0.1, 0.15) is 36.7 Å². The molecule has 2 heterocycles. The van der Waals surface area contributed by atoms with Gasteiger partial charge in [0.05, 0.1) is 17.6 Å². The van der Waals surface area contributed by atoms with E-state index in [1.54, 1.807) is 0 Å².